The van der Waals surface area contributed by atoms with Crippen molar-refractivity contribution in [3.8, 4) is 17.1 Å². The molecule has 0 spiro atoms. The van der Waals surface area contributed by atoms with Crippen LogP contribution in [0, 0.1) is 19.3 Å². The fourth-order valence-corrected chi connectivity index (χ4v) is 5.89. The highest BCUT2D eigenvalue weighted by Gasteiger charge is 2.62. The molecule has 1 heterocycles. The predicted octanol–water partition coefficient (Wildman–Crippen LogP) is 9.26. The lowest BCUT2D eigenvalue weighted by atomic mass is 9.96. The summed E-state index contributed by atoms with van der Waals surface area (Å²) in [5.41, 5.74) is 3.15. The van der Waals surface area contributed by atoms with Gasteiger partial charge in [0.25, 0.3) is 0 Å². The SMILES string of the molecule is CC.Cc1cccc(C)c1-c1cc(OCC(CCC2(C(F)(F)F)CC2)NCc2ccccc2)nc(NSc2cccc(C(=O)O)c2)n1. The van der Waals surface area contributed by atoms with Crippen LogP contribution in [-0.4, -0.2) is 39.9 Å². The van der Waals surface area contributed by atoms with E-state index in [-0.39, 0.29) is 49.3 Å². The number of benzene rings is 3. The van der Waals surface area contributed by atoms with Crippen LogP contribution < -0.4 is 14.8 Å². The van der Waals surface area contributed by atoms with Crippen molar-refractivity contribution in [2.45, 2.75) is 77.0 Å². The quantitative estimate of drug-likeness (QED) is 0.115. The molecule has 1 fully saturated rings. The molecule has 5 rings (SSSR count). The Balaban J connectivity index is 0.00000245. The molecule has 3 N–H and O–H groups in total. The summed E-state index contributed by atoms with van der Waals surface area (Å²) in [6, 6.07) is 23.5. The van der Waals surface area contributed by atoms with Crippen LogP contribution in [0.2, 0.25) is 0 Å². The average Bonchev–Trinajstić information content (AvgIpc) is 3.87. The Morgan fingerprint density at radius 1 is 0.979 bits per heavy atom. The number of halogens is 3. The van der Waals surface area contributed by atoms with E-state index in [1.807, 2.05) is 76.2 Å². The number of nitrogens with zero attached hydrogens (tertiary/aromatic N) is 2. The van der Waals surface area contributed by atoms with E-state index < -0.39 is 17.6 Å². The molecule has 0 bridgehead atoms. The molecule has 0 radical (unpaired) electrons. The highest BCUT2D eigenvalue weighted by atomic mass is 32.2. The Morgan fingerprint density at radius 2 is 1.66 bits per heavy atom. The van der Waals surface area contributed by atoms with Crippen molar-refractivity contribution < 1.29 is 27.8 Å². The second-order valence-electron chi connectivity index (χ2n) is 11.4. The molecule has 4 aromatic rings. The molecule has 1 aromatic heterocycles. The van der Waals surface area contributed by atoms with Gasteiger partial charge in [-0.05, 0) is 86.4 Å². The number of hydrogen-bond donors (Lipinski definition) is 3. The molecule has 0 amide bonds. The smallest absolute Gasteiger partial charge is 0.394 e. The first-order valence-electron chi connectivity index (χ1n) is 15.7. The standard InChI is InChI=1S/C34H35F3N4O3S.C2H6/c1-22-8-6-9-23(2)30(22)28-19-29(40-32(39-28)41-45-27-13-7-12-25(18-27)31(42)43)44-21-26(38-20-24-10-4-3-5-11-24)14-15-33(16-17-33)34(35,36)37;1-2/h3-13,18-19,26,38H,14-17,20-21H2,1-2H3,(H,42,43)(H,39,40,41);1-2H3. The second kappa shape index (κ2) is 16.1. The zero-order valence-corrected chi connectivity index (χ0v) is 27.8. The first-order chi connectivity index (χ1) is 22.5. The number of ether oxygens (including phenoxy) is 1. The average molecular weight is 667 g/mol. The minimum Gasteiger partial charge on any atom is -0.478 e. The monoisotopic (exact) mass is 666 g/mol. The van der Waals surface area contributed by atoms with Gasteiger partial charge >= 0.3 is 12.1 Å². The van der Waals surface area contributed by atoms with Crippen molar-refractivity contribution in [1.82, 2.24) is 15.3 Å². The molecule has 7 nitrogen and oxygen atoms in total. The highest BCUT2D eigenvalue weighted by Crippen LogP contribution is 2.60. The number of carboxylic acid groups (broad SMARTS) is 1. The first kappa shape index (κ1) is 35.8. The maximum absolute atomic E-state index is 13.7. The van der Waals surface area contributed by atoms with Gasteiger partial charge in [0.05, 0.1) is 16.7 Å². The lowest BCUT2D eigenvalue weighted by Crippen LogP contribution is -2.36. The zero-order chi connectivity index (χ0) is 34.0. The van der Waals surface area contributed by atoms with Crippen molar-refractivity contribution in [3.05, 3.63) is 101 Å². The number of carboxylic acids is 1. The van der Waals surface area contributed by atoms with Gasteiger partial charge in [-0.1, -0.05) is 68.4 Å². The molecule has 47 heavy (non-hydrogen) atoms. The predicted molar refractivity (Wildman–Crippen MR) is 181 cm³/mol. The molecule has 1 unspecified atom stereocenters. The first-order valence-corrected chi connectivity index (χ1v) is 16.5. The lowest BCUT2D eigenvalue weighted by Gasteiger charge is -2.24. The summed E-state index contributed by atoms with van der Waals surface area (Å²) in [6.07, 6.45) is -3.57. The summed E-state index contributed by atoms with van der Waals surface area (Å²) in [5.74, 6) is -0.508. The van der Waals surface area contributed by atoms with Gasteiger partial charge in [-0.15, -0.1) is 0 Å². The lowest BCUT2D eigenvalue weighted by molar-refractivity contribution is -0.189. The van der Waals surface area contributed by atoms with E-state index >= 15 is 0 Å². The molecule has 0 saturated heterocycles. The number of aromatic nitrogens is 2. The maximum Gasteiger partial charge on any atom is 0.394 e. The normalized spacial score (nSPS) is 14.0. The molecule has 1 aliphatic carbocycles. The molecular formula is C36H41F3N4O3S. The summed E-state index contributed by atoms with van der Waals surface area (Å²) in [5, 5.41) is 12.7. The second-order valence-corrected chi connectivity index (χ2v) is 12.3. The van der Waals surface area contributed by atoms with Crippen LogP contribution in [0.3, 0.4) is 0 Å². The fraction of sp³-hybridized carbons (Fsp3) is 0.361. The third-order valence-corrected chi connectivity index (χ3v) is 8.85. The van der Waals surface area contributed by atoms with Crippen LogP contribution in [0.15, 0.2) is 83.8 Å². The van der Waals surface area contributed by atoms with E-state index in [0.717, 1.165) is 34.2 Å². The summed E-state index contributed by atoms with van der Waals surface area (Å²) in [6.45, 7) is 8.58. The Labute approximate surface area is 278 Å². The van der Waals surface area contributed by atoms with Crippen LogP contribution in [0.4, 0.5) is 19.1 Å². The van der Waals surface area contributed by atoms with Gasteiger partial charge < -0.3 is 15.2 Å². The molecule has 1 saturated carbocycles. The minimum absolute atomic E-state index is 0.0304. The van der Waals surface area contributed by atoms with Gasteiger partial charge in [-0.3, -0.25) is 4.72 Å². The van der Waals surface area contributed by atoms with Gasteiger partial charge in [0.15, 0.2) is 0 Å². The number of hydrogen-bond acceptors (Lipinski definition) is 7. The Bertz CT molecular complexity index is 1610. The van der Waals surface area contributed by atoms with E-state index in [2.05, 4.69) is 15.0 Å². The zero-order valence-electron chi connectivity index (χ0n) is 27.0. The number of nitrogens with one attached hydrogen (secondary N) is 2. The van der Waals surface area contributed by atoms with Gasteiger partial charge in [0.1, 0.15) is 6.61 Å². The van der Waals surface area contributed by atoms with Crippen LogP contribution >= 0.6 is 11.9 Å². The summed E-state index contributed by atoms with van der Waals surface area (Å²) in [4.78, 5) is 21.3. The number of rotatable bonds is 14. The van der Waals surface area contributed by atoms with Crippen molar-refractivity contribution in [1.29, 1.82) is 0 Å². The van der Waals surface area contributed by atoms with Gasteiger partial charge in [0, 0.05) is 29.1 Å². The molecule has 250 valence electrons. The van der Waals surface area contributed by atoms with Gasteiger partial charge in [0.2, 0.25) is 11.8 Å². The molecule has 1 aliphatic rings. The molecule has 1 atom stereocenters. The van der Waals surface area contributed by atoms with Crippen LogP contribution in [0.1, 0.15) is 66.6 Å². The number of alkyl halides is 3. The molecular weight excluding hydrogens is 625 g/mol. The Morgan fingerprint density at radius 3 is 2.30 bits per heavy atom. The number of aromatic carboxylic acids is 1. The topological polar surface area (TPSA) is 96.4 Å². The van der Waals surface area contributed by atoms with E-state index in [1.54, 1.807) is 24.3 Å². The third kappa shape index (κ3) is 9.71. The summed E-state index contributed by atoms with van der Waals surface area (Å²) in [7, 11) is 0. The van der Waals surface area contributed by atoms with E-state index in [9.17, 15) is 23.1 Å². The number of aryl methyl sites for hydroxylation is 2. The summed E-state index contributed by atoms with van der Waals surface area (Å²) < 4.78 is 50.4. The molecule has 3 aromatic carbocycles. The van der Waals surface area contributed by atoms with Gasteiger partial charge in [-0.2, -0.15) is 18.2 Å². The van der Waals surface area contributed by atoms with E-state index in [1.165, 1.54) is 6.07 Å². The largest absolute Gasteiger partial charge is 0.478 e. The molecule has 0 aliphatic heterocycles. The van der Waals surface area contributed by atoms with E-state index in [0.29, 0.717) is 23.6 Å². The van der Waals surface area contributed by atoms with Crippen molar-refractivity contribution in [2.24, 2.45) is 5.41 Å². The van der Waals surface area contributed by atoms with Crippen LogP contribution in [0.25, 0.3) is 11.3 Å². The fourth-order valence-electron chi connectivity index (χ4n) is 5.25. The van der Waals surface area contributed by atoms with Crippen molar-refractivity contribution in [2.75, 3.05) is 11.3 Å². The number of anilines is 1. The van der Waals surface area contributed by atoms with Crippen molar-refractivity contribution >= 4 is 23.9 Å². The van der Waals surface area contributed by atoms with Crippen molar-refractivity contribution in [3.63, 3.8) is 0 Å². The van der Waals surface area contributed by atoms with E-state index in [4.69, 9.17) is 9.72 Å². The minimum atomic E-state index is -4.22. The Hall–Kier alpha value is -4.09. The molecule has 11 heteroatoms. The van der Waals surface area contributed by atoms with Gasteiger partial charge in [-0.25, -0.2) is 9.78 Å². The van der Waals surface area contributed by atoms with Crippen LogP contribution in [0.5, 0.6) is 5.88 Å². The van der Waals surface area contributed by atoms with Crippen LogP contribution in [-0.2, 0) is 6.54 Å². The Kier molecular flexibility index (Phi) is 12.3. The maximum atomic E-state index is 13.7. The third-order valence-electron chi connectivity index (χ3n) is 8.08. The summed E-state index contributed by atoms with van der Waals surface area (Å²) >= 11 is 1.16. The number of carbonyl (C=O) groups is 1. The highest BCUT2D eigenvalue weighted by molar-refractivity contribution is 8.00.